The van der Waals surface area contributed by atoms with Gasteiger partial charge in [0.05, 0.1) is 23.9 Å². The quantitative estimate of drug-likeness (QED) is 0.113. The second-order valence-electron chi connectivity index (χ2n) is 8.97. The van der Waals surface area contributed by atoms with Crippen LogP contribution in [0, 0.1) is 0 Å². The molecule has 4 rings (SSSR count). The number of carbonyl (C=O) groups is 1. The Balaban J connectivity index is 1.38. The molecule has 0 bridgehead atoms. The number of aromatic nitrogens is 1. The van der Waals surface area contributed by atoms with E-state index in [1.807, 2.05) is 48.5 Å². The van der Waals surface area contributed by atoms with Crippen LogP contribution in [0.15, 0.2) is 82.7 Å². The van der Waals surface area contributed by atoms with Crippen LogP contribution < -0.4 is 14.3 Å². The van der Waals surface area contributed by atoms with Crippen LogP contribution in [0.4, 0.5) is 0 Å². The highest BCUT2D eigenvalue weighted by Crippen LogP contribution is 2.24. The average molecular weight is 535 g/mol. The molecule has 1 heterocycles. The lowest BCUT2D eigenvalue weighted by molar-refractivity contribution is -0.156. The van der Waals surface area contributed by atoms with Crippen molar-refractivity contribution in [2.45, 2.75) is 32.4 Å². The van der Waals surface area contributed by atoms with Crippen molar-refractivity contribution in [3.8, 4) is 11.5 Å². The number of esters is 1. The lowest BCUT2D eigenvalue weighted by atomic mass is 10.0. The van der Waals surface area contributed by atoms with Gasteiger partial charge in [-0.05, 0) is 56.7 Å². The maximum absolute atomic E-state index is 12.7. The molecular weight excluding hydrogens is 504 g/mol. The maximum Gasteiger partial charge on any atom is 0.349 e. The summed E-state index contributed by atoms with van der Waals surface area (Å²) in [6, 6.07) is 22.7. The first-order valence-electron chi connectivity index (χ1n) is 12.1. The maximum atomic E-state index is 12.7. The molecule has 0 atom stereocenters. The second-order valence-corrected chi connectivity index (χ2v) is 9.96. The summed E-state index contributed by atoms with van der Waals surface area (Å²) < 4.78 is 19.0. The Morgan fingerprint density at radius 1 is 0.947 bits per heavy atom. The van der Waals surface area contributed by atoms with E-state index in [4.69, 9.17) is 19.0 Å². The Labute approximate surface area is 225 Å². The number of hydrogen-bond acceptors (Lipinski definition) is 8. The van der Waals surface area contributed by atoms with Gasteiger partial charge in [0.2, 0.25) is 0 Å². The van der Waals surface area contributed by atoms with Crippen LogP contribution in [-0.2, 0) is 20.9 Å². The first kappa shape index (κ1) is 26.9. The van der Waals surface area contributed by atoms with E-state index in [2.05, 4.69) is 5.16 Å². The molecule has 8 nitrogen and oxygen atoms in total. The Bertz CT molecular complexity index is 1470. The summed E-state index contributed by atoms with van der Waals surface area (Å²) in [7, 11) is 2.85. The van der Waals surface area contributed by atoms with Crippen molar-refractivity contribution >= 4 is 33.2 Å². The molecule has 0 saturated carbocycles. The molecule has 0 aliphatic rings. The van der Waals surface area contributed by atoms with Gasteiger partial charge in [-0.15, -0.1) is 0 Å². The molecule has 0 unspecified atom stereocenters. The summed E-state index contributed by atoms with van der Waals surface area (Å²) in [6.07, 6.45) is 0.654. The predicted octanol–water partition coefficient (Wildman–Crippen LogP) is 5.26. The van der Waals surface area contributed by atoms with Crippen molar-refractivity contribution in [3.05, 3.63) is 93.6 Å². The summed E-state index contributed by atoms with van der Waals surface area (Å²) >= 11 is 1.21. The zero-order valence-corrected chi connectivity index (χ0v) is 22.6. The Morgan fingerprint density at radius 3 is 2.34 bits per heavy atom. The highest BCUT2D eigenvalue weighted by molar-refractivity contribution is 7.16. The monoisotopic (exact) mass is 534 g/mol. The third kappa shape index (κ3) is 6.23. The first-order chi connectivity index (χ1) is 18.3. The number of thiazole rings is 1. The Kier molecular flexibility index (Phi) is 8.48. The van der Waals surface area contributed by atoms with Gasteiger partial charge in [-0.2, -0.15) is 0 Å². The minimum Gasteiger partial charge on any atom is -0.494 e. The number of benzene rings is 3. The number of rotatable bonds is 11. The van der Waals surface area contributed by atoms with Crippen LogP contribution in [-0.4, -0.2) is 42.7 Å². The SMILES string of the molecule is CON=C(c1ccccc1)c1ccc2c(c1)sc(=O)n2CCCOc1ccc(OC(C)(C)C(=O)OC)cc1. The third-order valence-corrected chi connectivity index (χ3v) is 6.78. The van der Waals surface area contributed by atoms with Crippen molar-refractivity contribution in [2.24, 2.45) is 5.16 Å². The zero-order chi connectivity index (χ0) is 27.1. The molecule has 0 spiro atoms. The Hall–Kier alpha value is -4.11. The van der Waals surface area contributed by atoms with Gasteiger partial charge < -0.3 is 19.0 Å². The van der Waals surface area contributed by atoms with Crippen molar-refractivity contribution in [1.29, 1.82) is 0 Å². The van der Waals surface area contributed by atoms with Gasteiger partial charge in [0.1, 0.15) is 24.3 Å². The van der Waals surface area contributed by atoms with E-state index in [1.54, 1.807) is 42.7 Å². The van der Waals surface area contributed by atoms with Gasteiger partial charge in [-0.25, -0.2) is 4.79 Å². The van der Waals surface area contributed by atoms with Crippen molar-refractivity contribution in [3.63, 3.8) is 0 Å². The number of carbonyl (C=O) groups excluding carboxylic acids is 1. The molecule has 9 heteroatoms. The highest BCUT2D eigenvalue weighted by Gasteiger charge is 2.31. The molecule has 38 heavy (non-hydrogen) atoms. The van der Waals surface area contributed by atoms with E-state index in [0.29, 0.717) is 36.8 Å². The van der Waals surface area contributed by atoms with Crippen molar-refractivity contribution in [2.75, 3.05) is 20.8 Å². The zero-order valence-electron chi connectivity index (χ0n) is 21.8. The van der Waals surface area contributed by atoms with Gasteiger partial charge in [-0.3, -0.25) is 9.36 Å². The highest BCUT2D eigenvalue weighted by atomic mass is 32.1. The summed E-state index contributed by atoms with van der Waals surface area (Å²) in [5.41, 5.74) is 2.31. The lowest BCUT2D eigenvalue weighted by Gasteiger charge is -2.23. The topological polar surface area (TPSA) is 88.4 Å². The molecule has 198 valence electrons. The summed E-state index contributed by atoms with van der Waals surface area (Å²) in [6.45, 7) is 4.27. The summed E-state index contributed by atoms with van der Waals surface area (Å²) in [4.78, 5) is 29.6. The van der Waals surface area contributed by atoms with E-state index >= 15 is 0 Å². The number of methoxy groups -OCH3 is 1. The van der Waals surface area contributed by atoms with Gasteiger partial charge in [0.15, 0.2) is 5.60 Å². The molecular formula is C29H30N2O6S. The molecule has 0 aliphatic carbocycles. The number of hydrogen-bond donors (Lipinski definition) is 0. The van der Waals surface area contributed by atoms with E-state index in [0.717, 1.165) is 21.3 Å². The molecule has 0 saturated heterocycles. The number of fused-ring (bicyclic) bond motifs is 1. The third-order valence-electron chi connectivity index (χ3n) is 5.84. The predicted molar refractivity (Wildman–Crippen MR) is 148 cm³/mol. The van der Waals surface area contributed by atoms with Gasteiger partial charge >= 0.3 is 10.8 Å². The molecule has 0 amide bonds. The van der Waals surface area contributed by atoms with Crippen LogP contribution in [0.3, 0.4) is 0 Å². The van der Waals surface area contributed by atoms with E-state index in [9.17, 15) is 9.59 Å². The van der Waals surface area contributed by atoms with Gasteiger partial charge in [0, 0.05) is 17.7 Å². The van der Waals surface area contributed by atoms with Gasteiger partial charge in [-0.1, -0.05) is 52.9 Å². The molecule has 4 aromatic rings. The molecule has 0 fully saturated rings. The molecule has 0 N–H and O–H groups in total. The van der Waals surface area contributed by atoms with Crippen LogP contribution in [0.5, 0.6) is 11.5 Å². The van der Waals surface area contributed by atoms with Crippen LogP contribution in [0.2, 0.25) is 0 Å². The van der Waals surface area contributed by atoms with Crippen LogP contribution in [0.1, 0.15) is 31.4 Å². The fourth-order valence-electron chi connectivity index (χ4n) is 3.98. The lowest BCUT2D eigenvalue weighted by Crippen LogP contribution is -2.39. The number of ether oxygens (including phenoxy) is 3. The standard InChI is InChI=1S/C29H30N2O6S/c1-29(2,27(32)34-3)37-23-14-12-22(13-15-23)36-18-8-17-31-24-16-11-21(19-25(24)38-28(31)33)26(30-35-4)20-9-6-5-7-10-20/h5-7,9-16,19H,8,17-18H2,1-4H3. The fourth-order valence-corrected chi connectivity index (χ4v) is 4.94. The smallest absolute Gasteiger partial charge is 0.349 e. The van der Waals surface area contributed by atoms with E-state index < -0.39 is 11.6 Å². The molecule has 0 radical (unpaired) electrons. The largest absolute Gasteiger partial charge is 0.494 e. The normalized spacial score (nSPS) is 11.8. The summed E-state index contributed by atoms with van der Waals surface area (Å²) in [5.74, 6) is 0.755. The second kappa shape index (κ2) is 12.0. The van der Waals surface area contributed by atoms with Crippen molar-refractivity contribution in [1.82, 2.24) is 4.57 Å². The van der Waals surface area contributed by atoms with Crippen molar-refractivity contribution < 1.29 is 23.8 Å². The molecule has 0 aliphatic heterocycles. The van der Waals surface area contributed by atoms with Crippen LogP contribution >= 0.6 is 11.3 Å². The minimum absolute atomic E-state index is 0.0168. The molecule has 3 aromatic carbocycles. The summed E-state index contributed by atoms with van der Waals surface area (Å²) in [5, 5.41) is 4.22. The number of oxime groups is 1. The van der Waals surface area contributed by atoms with Gasteiger partial charge in [0.25, 0.3) is 0 Å². The minimum atomic E-state index is -1.09. The van der Waals surface area contributed by atoms with E-state index in [1.165, 1.54) is 25.6 Å². The Morgan fingerprint density at radius 2 is 1.66 bits per heavy atom. The number of aryl methyl sites for hydroxylation is 1. The average Bonchev–Trinajstić information content (AvgIpc) is 3.24. The number of nitrogens with zero attached hydrogens (tertiary/aromatic N) is 2. The molecule has 1 aromatic heterocycles. The van der Waals surface area contributed by atoms with Crippen LogP contribution in [0.25, 0.3) is 10.2 Å². The first-order valence-corrected chi connectivity index (χ1v) is 12.9. The van der Waals surface area contributed by atoms with E-state index in [-0.39, 0.29) is 4.87 Å². The fraction of sp³-hybridized carbons (Fsp3) is 0.276.